The summed E-state index contributed by atoms with van der Waals surface area (Å²) in [6, 6.07) is 18.5. The summed E-state index contributed by atoms with van der Waals surface area (Å²) in [5, 5.41) is 0. The minimum Gasteiger partial charge on any atom is -1.00 e. The third kappa shape index (κ3) is 16.2. The lowest BCUT2D eigenvalue weighted by Gasteiger charge is -2.60. The van der Waals surface area contributed by atoms with Gasteiger partial charge in [0.2, 0.25) is 0 Å². The Kier molecular flexibility index (Phi) is 23.9. The van der Waals surface area contributed by atoms with Gasteiger partial charge < -0.3 is 18.8 Å². The molecule has 16 heterocycles. The van der Waals surface area contributed by atoms with E-state index in [4.69, 9.17) is 0 Å². The molecule has 16 nitrogen and oxygen atoms in total. The maximum Gasteiger partial charge on any atom is 0.416 e. The average Bonchev–Trinajstić information content (AvgIpc) is 3.27. The molecule has 16 fully saturated rings. The Morgan fingerprint density at radius 3 is 0.771 bits per heavy atom. The maximum atomic E-state index is 13.0. The van der Waals surface area contributed by atoms with Crippen LogP contribution in [0.4, 0.5) is 39.5 Å². The van der Waals surface area contributed by atoms with E-state index >= 15 is 0 Å². The summed E-state index contributed by atoms with van der Waals surface area (Å²) in [5.41, 5.74) is -0.529. The van der Waals surface area contributed by atoms with E-state index in [1.165, 1.54) is 113 Å². The first-order valence-electron chi connectivity index (χ1n) is 25.6. The van der Waals surface area contributed by atoms with E-state index in [1.54, 1.807) is 12.1 Å². The summed E-state index contributed by atoms with van der Waals surface area (Å²) in [4.78, 5) is 29.0. The van der Waals surface area contributed by atoms with Crippen LogP contribution >= 0.6 is 0 Å². The van der Waals surface area contributed by atoms with Gasteiger partial charge >= 0.3 is 18.5 Å². The molecule has 16 bridgehead atoms. The lowest BCUT2D eigenvalue weighted by molar-refractivity contribution is -0.991. The van der Waals surface area contributed by atoms with Gasteiger partial charge in [0.25, 0.3) is 0 Å². The van der Waals surface area contributed by atoms with E-state index in [0.29, 0.717) is 24.5 Å². The standard InChI is InChI=1S/C15H17F6N4.C14H18F3N4.C13H19N4.C7H15N4.5CH4.4FH/c16-14(17,18)12-1-11(2-13(3-12)15(19,20)21)4-25-8-22-5-23(9-25)7-24(6-22)10-25;15-14(16,17)13-3-1-12(2-4-13)5-21-9-18-6-19(10-21)8-20(7-18)11-21;1-2-4-13(5-3-1)6-17-10-14-7-15(11-17)9-16(8-14)12-17;1-11-5-8-2-9(6-11)4-10(3-8)7-11;;;;;;;;;/h1-3H,4-10H2;1-4H,5-11H2;1-5H,6-12H2;2-7H2,1H3;5*1H4;4*1H/q4*+1;;;;;;;;;/p-4. The van der Waals surface area contributed by atoms with Gasteiger partial charge in [0, 0.05) is 16.7 Å². The number of hydrogen-bond donors (Lipinski definition) is 0. The summed E-state index contributed by atoms with van der Waals surface area (Å²) in [6.45, 7) is 27.0. The number of benzene rings is 3. The Bertz CT molecular complexity index is 2330. The predicted molar refractivity (Wildman–Crippen MR) is 285 cm³/mol. The highest BCUT2D eigenvalue weighted by molar-refractivity contribution is 5.33. The first-order chi connectivity index (χ1) is 35.0. The molecule has 0 N–H and O–H groups in total. The van der Waals surface area contributed by atoms with Crippen LogP contribution in [0.5, 0.6) is 0 Å². The molecule has 0 unspecified atom stereocenters. The largest absolute Gasteiger partial charge is 1.00 e. The Labute approximate surface area is 482 Å². The van der Waals surface area contributed by atoms with Crippen molar-refractivity contribution in [3.63, 3.8) is 0 Å². The zero-order valence-electron chi connectivity index (χ0n) is 43.6. The lowest BCUT2D eigenvalue weighted by atomic mass is 10.0. The number of hydrogen-bond acceptors (Lipinski definition) is 12. The minimum absolute atomic E-state index is 0. The lowest BCUT2D eigenvalue weighted by Crippen LogP contribution is -3.00. The van der Waals surface area contributed by atoms with Gasteiger partial charge in [0.1, 0.15) is 99.7 Å². The molecular formula is C54H89F13N16. The fourth-order valence-corrected chi connectivity index (χ4v) is 14.9. The molecule has 0 aromatic heterocycles. The molecule has 476 valence electrons. The van der Waals surface area contributed by atoms with E-state index in [9.17, 15) is 39.5 Å². The zero-order valence-corrected chi connectivity index (χ0v) is 43.6. The normalized spacial score (nSPS) is 36.8. The smallest absolute Gasteiger partial charge is 0.416 e. The highest BCUT2D eigenvalue weighted by Crippen LogP contribution is 2.39. The van der Waals surface area contributed by atoms with Crippen LogP contribution in [-0.2, 0) is 38.2 Å². The number of nitrogens with zero attached hydrogens (tertiary/aromatic N) is 16. The van der Waals surface area contributed by atoms with Crippen LogP contribution < -0.4 is 18.8 Å². The Hall–Kier alpha value is -3.89. The molecule has 0 spiro atoms. The minimum atomic E-state index is -4.80. The van der Waals surface area contributed by atoms with Crippen LogP contribution in [0.25, 0.3) is 0 Å². The zero-order chi connectivity index (χ0) is 51.5. The van der Waals surface area contributed by atoms with Crippen molar-refractivity contribution in [2.24, 2.45) is 0 Å². The van der Waals surface area contributed by atoms with Crippen molar-refractivity contribution >= 4 is 0 Å². The summed E-state index contributed by atoms with van der Waals surface area (Å²) >= 11 is 0. The van der Waals surface area contributed by atoms with Gasteiger partial charge in [0.05, 0.1) is 104 Å². The third-order valence-electron chi connectivity index (χ3n) is 16.2. The molecule has 0 saturated carbocycles. The Morgan fingerprint density at radius 2 is 0.530 bits per heavy atom. The molecule has 3 aromatic rings. The van der Waals surface area contributed by atoms with E-state index < -0.39 is 35.2 Å². The van der Waals surface area contributed by atoms with Gasteiger partial charge in [-0.05, 0) is 30.3 Å². The monoisotopic (exact) mass is 1210 g/mol. The third-order valence-corrected chi connectivity index (χ3v) is 16.2. The van der Waals surface area contributed by atoms with Gasteiger partial charge in [-0.25, -0.2) is 58.8 Å². The molecule has 0 atom stereocenters. The topological polar surface area (TPSA) is 38.9 Å². The van der Waals surface area contributed by atoms with Gasteiger partial charge in [-0.1, -0.05) is 79.6 Å². The van der Waals surface area contributed by atoms with Crippen molar-refractivity contribution in [3.05, 3.63) is 106 Å². The summed E-state index contributed by atoms with van der Waals surface area (Å²) in [7, 11) is 2.35. The molecule has 0 radical (unpaired) electrons. The van der Waals surface area contributed by atoms with Crippen LogP contribution in [0.15, 0.2) is 72.8 Å². The van der Waals surface area contributed by atoms with E-state index in [2.05, 4.69) is 96.2 Å². The van der Waals surface area contributed by atoms with E-state index in [-0.39, 0.29) is 74.1 Å². The second-order valence-electron chi connectivity index (χ2n) is 24.2. The second-order valence-corrected chi connectivity index (χ2v) is 24.2. The van der Waals surface area contributed by atoms with Crippen molar-refractivity contribution in [2.45, 2.75) is 75.3 Å². The number of halogens is 13. The Morgan fingerprint density at radius 1 is 0.301 bits per heavy atom. The van der Waals surface area contributed by atoms with Crippen LogP contribution in [0.3, 0.4) is 0 Å². The maximum absolute atomic E-state index is 13.0. The van der Waals surface area contributed by atoms with Gasteiger partial charge in [-0.2, -0.15) is 39.5 Å². The average molecular weight is 1210 g/mol. The first kappa shape index (κ1) is 73.4. The molecule has 0 amide bonds. The number of quaternary nitrogens is 4. The van der Waals surface area contributed by atoms with Crippen molar-refractivity contribution in [1.29, 1.82) is 0 Å². The first-order valence-corrected chi connectivity index (χ1v) is 25.6. The molecule has 19 rings (SSSR count). The van der Waals surface area contributed by atoms with Crippen LogP contribution in [0.1, 0.15) is 70.5 Å². The van der Waals surface area contributed by atoms with Crippen molar-refractivity contribution in [1.82, 2.24) is 58.8 Å². The Balaban J connectivity index is 0.000000288. The fraction of sp³-hybridized carbons (Fsp3) is 0.667. The predicted octanol–water partition coefficient (Wildman–Crippen LogP) is -4.54. The molecule has 0 aliphatic carbocycles. The summed E-state index contributed by atoms with van der Waals surface area (Å²) in [6.07, 6.45) is -13.9. The number of alkyl halides is 9. The van der Waals surface area contributed by atoms with Crippen molar-refractivity contribution < 1.29 is 76.3 Å². The molecular weight excluding hydrogens is 1120 g/mol. The highest BCUT2D eigenvalue weighted by Gasteiger charge is 2.52. The van der Waals surface area contributed by atoms with Gasteiger partial charge in [0.15, 0.2) is 0 Å². The highest BCUT2D eigenvalue weighted by atomic mass is 19.4. The van der Waals surface area contributed by atoms with Crippen LogP contribution in [0, 0.1) is 0 Å². The molecule has 83 heavy (non-hydrogen) atoms. The fourth-order valence-electron chi connectivity index (χ4n) is 14.9. The van der Waals surface area contributed by atoms with E-state index in [0.717, 1.165) is 88.7 Å². The van der Waals surface area contributed by atoms with Crippen LogP contribution in [0.2, 0.25) is 0 Å². The van der Waals surface area contributed by atoms with E-state index in [1.807, 2.05) is 0 Å². The molecule has 29 heteroatoms. The van der Waals surface area contributed by atoms with Crippen LogP contribution in [-0.4, -0.2) is 244 Å². The molecule has 16 aliphatic heterocycles. The van der Waals surface area contributed by atoms with Gasteiger partial charge in [-0.3, -0.25) is 17.9 Å². The second kappa shape index (κ2) is 27.0. The number of rotatable bonds is 6. The van der Waals surface area contributed by atoms with Crippen molar-refractivity contribution in [2.75, 3.05) is 167 Å². The quantitative estimate of drug-likeness (QED) is 0.177. The molecule has 3 aromatic carbocycles. The van der Waals surface area contributed by atoms with Gasteiger partial charge in [-0.15, -0.1) is 0 Å². The SMILES string of the molecule is C.C.C.C.C.C[N+]12CN3CN(CN(C3)C1)C2.FC(F)(F)c1cc(C[N+]23CN4CN(CN(C4)C2)C3)cc(C(F)(F)F)c1.FC(F)(F)c1ccc(C[N+]23CN4CN(CN(C4)C2)C3)cc1.[F-].[F-].[F-].[F-].c1ccc(C[N+]23CN4CN(CN(C4)C2)C3)cc1. The summed E-state index contributed by atoms with van der Waals surface area (Å²) < 4.78 is 120. The summed E-state index contributed by atoms with van der Waals surface area (Å²) in [5.74, 6) is 0. The van der Waals surface area contributed by atoms with Crippen molar-refractivity contribution in [3.8, 4) is 0 Å². The molecule has 16 saturated heterocycles. The molecule has 16 aliphatic rings.